The quantitative estimate of drug-likeness (QED) is 0.337. The molecule has 0 spiro atoms. The molecule has 1 aliphatic heterocycles. The lowest BCUT2D eigenvalue weighted by atomic mass is 9.89. The summed E-state index contributed by atoms with van der Waals surface area (Å²) in [4.78, 5) is 11.7. The number of hydrogen-bond donors (Lipinski definition) is 2. The molecule has 0 aliphatic carbocycles. The van der Waals surface area contributed by atoms with Crippen molar-refractivity contribution in [1.82, 2.24) is 4.57 Å². The number of aromatic hydroxyl groups is 1. The molecule has 0 bridgehead atoms. The summed E-state index contributed by atoms with van der Waals surface area (Å²) in [5.74, 6) is -2.48. The Bertz CT molecular complexity index is 1510. The number of halogens is 2. The van der Waals surface area contributed by atoms with Gasteiger partial charge < -0.3 is 29.0 Å². The molecule has 0 amide bonds. The number of aromatic nitrogens is 1. The number of methoxy groups -OCH3 is 2. The number of phenolic OH excluding ortho intramolecular Hbond substituents is 1. The minimum atomic E-state index is -1.14. The second kappa shape index (κ2) is 9.74. The Hall–Kier alpha value is -4.11. The zero-order valence-corrected chi connectivity index (χ0v) is 20.3. The molecule has 1 fully saturated rings. The lowest BCUT2D eigenvalue weighted by Gasteiger charge is -2.26. The molecule has 1 aliphatic rings. The molecule has 192 valence electrons. The van der Waals surface area contributed by atoms with Gasteiger partial charge in [-0.3, -0.25) is 0 Å². The van der Waals surface area contributed by atoms with Gasteiger partial charge in [0.25, 0.3) is 0 Å². The minimum Gasteiger partial charge on any atom is -0.507 e. The van der Waals surface area contributed by atoms with E-state index in [-0.39, 0.29) is 28.7 Å². The Morgan fingerprint density at radius 2 is 1.73 bits per heavy atom. The van der Waals surface area contributed by atoms with Crippen LogP contribution in [0.4, 0.5) is 8.78 Å². The summed E-state index contributed by atoms with van der Waals surface area (Å²) >= 11 is 0. The van der Waals surface area contributed by atoms with Gasteiger partial charge in [-0.1, -0.05) is 6.07 Å². The van der Waals surface area contributed by atoms with E-state index >= 15 is 0 Å². The Labute approximate surface area is 211 Å². The SMILES string of the molecule is COc1cc(-n2c(C3CCOCC3)c(-c3ccc(C(=O)O)c(OC)c3)c3c(O)cc(F)cc32)ccc1F. The Morgan fingerprint density at radius 3 is 2.41 bits per heavy atom. The molecule has 0 atom stereocenters. The lowest BCUT2D eigenvalue weighted by Crippen LogP contribution is -2.17. The molecule has 0 saturated carbocycles. The standard InChI is InChI=1S/C28H25F2NO6/c1-35-23-11-16(3-5-19(23)28(33)34)25-26-21(12-17(29)13-22(26)32)31(27(25)15-7-9-37-10-8-15)18-4-6-20(30)24(14-18)36-2/h3-6,11-15,32H,7-10H2,1-2H3,(H,33,34). The summed E-state index contributed by atoms with van der Waals surface area (Å²) in [6.07, 6.45) is 1.32. The maximum Gasteiger partial charge on any atom is 0.339 e. The smallest absolute Gasteiger partial charge is 0.339 e. The number of rotatable bonds is 6. The van der Waals surface area contributed by atoms with Crippen LogP contribution >= 0.6 is 0 Å². The van der Waals surface area contributed by atoms with Crippen molar-refractivity contribution in [3.63, 3.8) is 0 Å². The van der Waals surface area contributed by atoms with Gasteiger partial charge in [-0.2, -0.15) is 0 Å². The molecule has 0 unspecified atom stereocenters. The molecule has 1 saturated heterocycles. The van der Waals surface area contributed by atoms with Gasteiger partial charge in [-0.15, -0.1) is 0 Å². The van der Waals surface area contributed by atoms with Gasteiger partial charge in [0.2, 0.25) is 0 Å². The van der Waals surface area contributed by atoms with Crippen LogP contribution in [0.3, 0.4) is 0 Å². The van der Waals surface area contributed by atoms with E-state index in [2.05, 4.69) is 0 Å². The highest BCUT2D eigenvalue weighted by molar-refractivity contribution is 6.04. The van der Waals surface area contributed by atoms with Crippen molar-refractivity contribution in [1.29, 1.82) is 0 Å². The van der Waals surface area contributed by atoms with Crippen LogP contribution in [0, 0.1) is 11.6 Å². The van der Waals surface area contributed by atoms with Gasteiger partial charge >= 0.3 is 5.97 Å². The van der Waals surface area contributed by atoms with Crippen LogP contribution < -0.4 is 9.47 Å². The largest absolute Gasteiger partial charge is 0.507 e. The minimum absolute atomic E-state index is 0.0128. The van der Waals surface area contributed by atoms with Gasteiger partial charge in [0, 0.05) is 48.2 Å². The number of carboxylic acid groups (broad SMARTS) is 1. The summed E-state index contributed by atoms with van der Waals surface area (Å²) in [7, 11) is 2.74. The van der Waals surface area contributed by atoms with Gasteiger partial charge in [-0.25, -0.2) is 13.6 Å². The third kappa shape index (κ3) is 4.25. The molecule has 1 aromatic heterocycles. The van der Waals surface area contributed by atoms with E-state index in [1.165, 1.54) is 38.5 Å². The number of benzene rings is 3. The molecule has 3 aromatic carbocycles. The van der Waals surface area contributed by atoms with Crippen molar-refractivity contribution >= 4 is 16.9 Å². The average molecular weight is 510 g/mol. The van der Waals surface area contributed by atoms with Crippen LogP contribution in [0.2, 0.25) is 0 Å². The van der Waals surface area contributed by atoms with Crippen molar-refractivity contribution in [3.05, 3.63) is 71.4 Å². The molecule has 5 rings (SSSR count). The predicted molar refractivity (Wildman–Crippen MR) is 133 cm³/mol. The molecule has 7 nitrogen and oxygen atoms in total. The maximum atomic E-state index is 14.7. The first-order valence-corrected chi connectivity index (χ1v) is 11.7. The van der Waals surface area contributed by atoms with Crippen LogP contribution in [0.1, 0.15) is 34.8 Å². The van der Waals surface area contributed by atoms with Crippen molar-refractivity contribution in [2.75, 3.05) is 27.4 Å². The summed E-state index contributed by atoms with van der Waals surface area (Å²) in [5.41, 5.74) is 2.85. The van der Waals surface area contributed by atoms with Crippen LogP contribution in [-0.2, 0) is 4.74 Å². The highest BCUT2D eigenvalue weighted by atomic mass is 19.1. The van der Waals surface area contributed by atoms with Gasteiger partial charge in [0.15, 0.2) is 11.6 Å². The monoisotopic (exact) mass is 509 g/mol. The van der Waals surface area contributed by atoms with Crippen LogP contribution in [0.25, 0.3) is 27.7 Å². The Kier molecular flexibility index (Phi) is 6.47. The van der Waals surface area contributed by atoms with E-state index in [1.807, 2.05) is 4.57 Å². The first-order valence-electron chi connectivity index (χ1n) is 11.7. The Balaban J connectivity index is 1.91. The topological polar surface area (TPSA) is 90.2 Å². The lowest BCUT2D eigenvalue weighted by molar-refractivity contribution is 0.0693. The zero-order valence-electron chi connectivity index (χ0n) is 20.3. The van der Waals surface area contributed by atoms with E-state index in [1.54, 1.807) is 18.2 Å². The van der Waals surface area contributed by atoms with E-state index in [0.717, 1.165) is 11.8 Å². The molecule has 0 radical (unpaired) electrons. The molecule has 2 heterocycles. The fourth-order valence-corrected chi connectivity index (χ4v) is 5.12. The third-order valence-electron chi connectivity index (χ3n) is 6.77. The van der Waals surface area contributed by atoms with E-state index in [0.29, 0.717) is 53.8 Å². The van der Waals surface area contributed by atoms with E-state index < -0.39 is 17.6 Å². The molecule has 37 heavy (non-hydrogen) atoms. The second-order valence-corrected chi connectivity index (χ2v) is 8.84. The fraction of sp³-hybridized carbons (Fsp3) is 0.250. The summed E-state index contributed by atoms with van der Waals surface area (Å²) in [6, 6.07) is 11.4. The molecule has 4 aromatic rings. The van der Waals surface area contributed by atoms with E-state index in [9.17, 15) is 23.8 Å². The summed E-state index contributed by atoms with van der Waals surface area (Å²) in [5, 5.41) is 21.0. The number of carbonyl (C=O) groups is 1. The number of aromatic carboxylic acids is 1. The number of phenols is 1. The van der Waals surface area contributed by atoms with Crippen molar-refractivity contribution < 1.29 is 38.0 Å². The highest BCUT2D eigenvalue weighted by Gasteiger charge is 2.30. The molecule has 2 N–H and O–H groups in total. The zero-order chi connectivity index (χ0) is 26.3. The van der Waals surface area contributed by atoms with Crippen LogP contribution in [0.5, 0.6) is 17.2 Å². The number of carboxylic acids is 1. The van der Waals surface area contributed by atoms with E-state index in [4.69, 9.17) is 14.2 Å². The van der Waals surface area contributed by atoms with Crippen molar-refractivity contribution in [3.8, 4) is 34.1 Å². The number of nitrogens with zero attached hydrogens (tertiary/aromatic N) is 1. The predicted octanol–water partition coefficient (Wildman–Crippen LogP) is 5.89. The third-order valence-corrected chi connectivity index (χ3v) is 6.77. The molecule has 9 heteroatoms. The van der Waals surface area contributed by atoms with Crippen LogP contribution in [0.15, 0.2) is 48.5 Å². The summed E-state index contributed by atoms with van der Waals surface area (Å²) in [6.45, 7) is 1.03. The van der Waals surface area contributed by atoms with Crippen LogP contribution in [-0.4, -0.2) is 48.2 Å². The number of fused-ring (bicyclic) bond motifs is 1. The van der Waals surface area contributed by atoms with Crippen molar-refractivity contribution in [2.24, 2.45) is 0 Å². The average Bonchev–Trinajstić information content (AvgIpc) is 3.24. The Morgan fingerprint density at radius 1 is 1.00 bits per heavy atom. The van der Waals surface area contributed by atoms with Gasteiger partial charge in [-0.05, 0) is 48.7 Å². The van der Waals surface area contributed by atoms with Crippen molar-refractivity contribution in [2.45, 2.75) is 18.8 Å². The maximum absolute atomic E-state index is 14.7. The highest BCUT2D eigenvalue weighted by Crippen LogP contribution is 2.47. The molecular weight excluding hydrogens is 484 g/mol. The second-order valence-electron chi connectivity index (χ2n) is 8.84. The normalized spacial score (nSPS) is 14.2. The number of hydrogen-bond acceptors (Lipinski definition) is 5. The molecular formula is C28H25F2NO6. The first kappa shape index (κ1) is 24.6. The van der Waals surface area contributed by atoms with Gasteiger partial charge in [0.1, 0.15) is 22.9 Å². The van der Waals surface area contributed by atoms with Gasteiger partial charge in [0.05, 0.1) is 25.1 Å². The summed E-state index contributed by atoms with van der Waals surface area (Å²) < 4.78 is 47.0. The number of ether oxygens (including phenoxy) is 3. The first-order chi connectivity index (χ1) is 17.8. The fourth-order valence-electron chi connectivity index (χ4n) is 5.12.